The number of nitrogens with two attached hydrogens (primary N) is 2. The topological polar surface area (TPSA) is 173 Å². The van der Waals surface area contributed by atoms with Gasteiger partial charge in [0.1, 0.15) is 30.7 Å². The number of rotatable bonds is 10. The molecule has 1 aliphatic heterocycles. The van der Waals surface area contributed by atoms with Crippen molar-refractivity contribution in [2.75, 3.05) is 25.1 Å². The molecule has 1 aliphatic rings. The molecule has 4 atom stereocenters. The first kappa shape index (κ1) is 26.4. The lowest BCUT2D eigenvalue weighted by Gasteiger charge is -2.20. The van der Waals surface area contributed by atoms with E-state index in [4.69, 9.17) is 25.9 Å². The summed E-state index contributed by atoms with van der Waals surface area (Å²) < 4.78 is 13.6. The largest absolute Gasteiger partial charge is 0.491 e. The van der Waals surface area contributed by atoms with E-state index < -0.39 is 31.1 Å². The number of benzene rings is 3. The summed E-state index contributed by atoms with van der Waals surface area (Å²) in [6, 6.07) is 23.3. The molecule has 4 aromatic rings. The van der Waals surface area contributed by atoms with Gasteiger partial charge < -0.3 is 41.6 Å². The summed E-state index contributed by atoms with van der Waals surface area (Å²) in [7, 11) is 0. The number of hydrogen-bond acceptors (Lipinski definition) is 8. The SMILES string of the molecule is NC(N)=NCCOc1cc(CNc2nc3ccccc3n2[C@@H]2O[C@H](CO)[C@@H](O)[C@H]2O)ccc1-c1ccccc1. The molecule has 11 nitrogen and oxygen atoms in total. The maximum absolute atomic E-state index is 10.7. The number of hydrogen-bond donors (Lipinski definition) is 6. The summed E-state index contributed by atoms with van der Waals surface area (Å²) in [5.41, 5.74) is 15.2. The van der Waals surface area contributed by atoms with Crippen LogP contribution in [0.4, 0.5) is 5.95 Å². The Kier molecular flexibility index (Phi) is 7.94. The molecule has 0 radical (unpaired) electrons. The molecule has 0 unspecified atom stereocenters. The van der Waals surface area contributed by atoms with Gasteiger partial charge in [-0.2, -0.15) is 0 Å². The third-order valence-electron chi connectivity index (χ3n) is 6.59. The normalized spacial score (nSPS) is 20.7. The van der Waals surface area contributed by atoms with Crippen molar-refractivity contribution in [2.45, 2.75) is 31.1 Å². The first-order valence-corrected chi connectivity index (χ1v) is 12.7. The van der Waals surface area contributed by atoms with Crippen molar-refractivity contribution in [2.24, 2.45) is 16.5 Å². The van der Waals surface area contributed by atoms with Gasteiger partial charge in [-0.15, -0.1) is 0 Å². The van der Waals surface area contributed by atoms with Crippen molar-refractivity contribution in [3.05, 3.63) is 78.4 Å². The van der Waals surface area contributed by atoms with E-state index in [0.29, 0.717) is 36.9 Å². The number of nitrogens with zero attached hydrogens (tertiary/aromatic N) is 3. The number of para-hydroxylation sites is 2. The molecule has 1 aromatic heterocycles. The monoisotopic (exact) mass is 532 g/mol. The van der Waals surface area contributed by atoms with Crippen molar-refractivity contribution in [3.63, 3.8) is 0 Å². The lowest BCUT2D eigenvalue weighted by Crippen LogP contribution is -2.33. The van der Waals surface area contributed by atoms with E-state index in [1.807, 2.05) is 72.8 Å². The first-order valence-electron chi connectivity index (χ1n) is 12.7. The second-order valence-electron chi connectivity index (χ2n) is 9.23. The van der Waals surface area contributed by atoms with E-state index in [1.54, 1.807) is 4.57 Å². The zero-order valence-corrected chi connectivity index (χ0v) is 21.2. The van der Waals surface area contributed by atoms with Gasteiger partial charge in [-0.05, 0) is 29.3 Å². The number of imidazole rings is 1. The van der Waals surface area contributed by atoms with E-state index in [9.17, 15) is 15.3 Å². The van der Waals surface area contributed by atoms with Crippen LogP contribution in [-0.2, 0) is 11.3 Å². The van der Waals surface area contributed by atoms with E-state index in [-0.39, 0.29) is 5.96 Å². The second kappa shape index (κ2) is 11.7. The molecule has 1 fully saturated rings. The second-order valence-corrected chi connectivity index (χ2v) is 9.23. The van der Waals surface area contributed by atoms with Gasteiger partial charge in [0.2, 0.25) is 5.95 Å². The van der Waals surface area contributed by atoms with Crippen LogP contribution in [-0.4, -0.2) is 68.9 Å². The van der Waals surface area contributed by atoms with Crippen LogP contribution in [0.15, 0.2) is 77.8 Å². The maximum atomic E-state index is 10.7. The first-order chi connectivity index (χ1) is 19.0. The highest BCUT2D eigenvalue weighted by Crippen LogP contribution is 2.35. The van der Waals surface area contributed by atoms with Crippen molar-refractivity contribution >= 4 is 22.9 Å². The van der Waals surface area contributed by atoms with E-state index >= 15 is 0 Å². The van der Waals surface area contributed by atoms with Gasteiger partial charge in [-0.3, -0.25) is 9.56 Å². The highest BCUT2D eigenvalue weighted by Gasteiger charge is 2.44. The number of aromatic nitrogens is 2. The molecule has 8 N–H and O–H groups in total. The Bertz CT molecular complexity index is 1440. The number of aliphatic hydroxyl groups excluding tert-OH is 3. The average molecular weight is 533 g/mol. The Balaban J connectivity index is 1.42. The van der Waals surface area contributed by atoms with Crippen molar-refractivity contribution in [1.82, 2.24) is 9.55 Å². The summed E-state index contributed by atoms with van der Waals surface area (Å²) in [5.74, 6) is 1.15. The summed E-state index contributed by atoms with van der Waals surface area (Å²) in [6.45, 7) is 0.602. The maximum Gasteiger partial charge on any atom is 0.206 e. The third-order valence-corrected chi connectivity index (χ3v) is 6.59. The number of aliphatic imine (C=N–C) groups is 1. The molecule has 5 rings (SSSR count). The predicted octanol–water partition coefficient (Wildman–Crippen LogP) is 1.58. The highest BCUT2D eigenvalue weighted by atomic mass is 16.6. The molecule has 11 heteroatoms. The molecule has 0 saturated carbocycles. The Morgan fingerprint density at radius 3 is 2.54 bits per heavy atom. The summed E-state index contributed by atoms with van der Waals surface area (Å²) in [6.07, 6.45) is -4.29. The van der Waals surface area contributed by atoms with Crippen LogP contribution < -0.4 is 21.5 Å². The summed E-state index contributed by atoms with van der Waals surface area (Å²) in [5, 5.41) is 34.0. The molecule has 2 heterocycles. The molecule has 3 aromatic carbocycles. The van der Waals surface area contributed by atoms with Crippen LogP contribution in [0.5, 0.6) is 5.75 Å². The van der Waals surface area contributed by atoms with Crippen LogP contribution >= 0.6 is 0 Å². The van der Waals surface area contributed by atoms with Crippen LogP contribution in [0.2, 0.25) is 0 Å². The zero-order chi connectivity index (χ0) is 27.4. The zero-order valence-electron chi connectivity index (χ0n) is 21.2. The number of aliphatic hydroxyl groups is 3. The minimum Gasteiger partial charge on any atom is -0.491 e. The number of nitrogens with one attached hydrogen (secondary N) is 1. The van der Waals surface area contributed by atoms with E-state index in [0.717, 1.165) is 22.2 Å². The van der Waals surface area contributed by atoms with E-state index in [1.165, 1.54) is 0 Å². The Morgan fingerprint density at radius 2 is 1.79 bits per heavy atom. The van der Waals surface area contributed by atoms with Gasteiger partial charge in [0.25, 0.3) is 0 Å². The van der Waals surface area contributed by atoms with Crippen molar-refractivity contribution in [1.29, 1.82) is 0 Å². The molecule has 1 saturated heterocycles. The minimum absolute atomic E-state index is 0.0110. The molecule has 39 heavy (non-hydrogen) atoms. The van der Waals surface area contributed by atoms with Crippen molar-refractivity contribution < 1.29 is 24.8 Å². The molecule has 204 valence electrons. The molecule has 0 aliphatic carbocycles. The lowest BCUT2D eigenvalue weighted by molar-refractivity contribution is -0.0499. The summed E-state index contributed by atoms with van der Waals surface area (Å²) >= 11 is 0. The number of ether oxygens (including phenoxy) is 2. The average Bonchev–Trinajstić information content (AvgIpc) is 3.46. The quantitative estimate of drug-likeness (QED) is 0.101. The van der Waals surface area contributed by atoms with Gasteiger partial charge in [0.15, 0.2) is 12.2 Å². The summed E-state index contributed by atoms with van der Waals surface area (Å²) in [4.78, 5) is 8.68. The standard InChI is InChI=1S/C28H32N6O5/c29-27(30)31-12-13-38-22-14-17(10-11-19(22)18-6-2-1-3-7-18)15-32-28-33-20-8-4-5-9-21(20)34(28)26-25(37)24(36)23(16-35)39-26/h1-11,14,23-26,35-37H,12-13,15-16H2,(H,32,33)(H4,29,30,31)/t23-,24-,25-,26-/m1/s1. The number of anilines is 1. The molecule has 0 spiro atoms. The fourth-order valence-corrected chi connectivity index (χ4v) is 4.68. The van der Waals surface area contributed by atoms with Gasteiger partial charge >= 0.3 is 0 Å². The van der Waals surface area contributed by atoms with Gasteiger partial charge in [0, 0.05) is 12.1 Å². The van der Waals surface area contributed by atoms with Gasteiger partial charge in [-0.1, -0.05) is 54.6 Å². The van der Waals surface area contributed by atoms with E-state index in [2.05, 4.69) is 10.3 Å². The fraction of sp³-hybridized carbons (Fsp3) is 0.286. The minimum atomic E-state index is -1.24. The Labute approximate surface area is 225 Å². The third kappa shape index (κ3) is 5.66. The smallest absolute Gasteiger partial charge is 0.206 e. The highest BCUT2D eigenvalue weighted by molar-refractivity contribution is 5.79. The predicted molar refractivity (Wildman–Crippen MR) is 148 cm³/mol. The van der Waals surface area contributed by atoms with Crippen LogP contribution in [0.3, 0.4) is 0 Å². The molecular formula is C28H32N6O5. The lowest BCUT2D eigenvalue weighted by atomic mass is 10.0. The molecular weight excluding hydrogens is 500 g/mol. The number of fused-ring (bicyclic) bond motifs is 1. The van der Waals surface area contributed by atoms with Gasteiger partial charge in [-0.25, -0.2) is 4.98 Å². The Morgan fingerprint density at radius 1 is 1.03 bits per heavy atom. The van der Waals surface area contributed by atoms with Gasteiger partial charge in [0.05, 0.1) is 24.2 Å². The van der Waals surface area contributed by atoms with Crippen LogP contribution in [0, 0.1) is 0 Å². The van der Waals surface area contributed by atoms with Crippen molar-refractivity contribution in [3.8, 4) is 16.9 Å². The number of guanidine groups is 1. The Hall–Kier alpha value is -4.16. The molecule has 0 amide bonds. The molecule has 0 bridgehead atoms. The fourth-order valence-electron chi connectivity index (χ4n) is 4.68. The van der Waals surface area contributed by atoms with Crippen LogP contribution in [0.1, 0.15) is 11.8 Å². The van der Waals surface area contributed by atoms with Crippen LogP contribution in [0.25, 0.3) is 22.2 Å².